The molecule has 5 rings (SSSR count). The number of pyridine rings is 1. The molecule has 2 aliphatic rings. The number of hydrogen-bond acceptors (Lipinski definition) is 5. The van der Waals surface area contributed by atoms with Crippen LogP contribution in [0.5, 0.6) is 0 Å². The molecule has 0 atom stereocenters. The number of carbonyl (C=O) groups excluding carboxylic acids is 1. The summed E-state index contributed by atoms with van der Waals surface area (Å²) in [5, 5.41) is 4.24. The molecule has 0 bridgehead atoms. The van der Waals surface area contributed by atoms with E-state index in [1.165, 1.54) is 10.6 Å². The molecule has 0 spiro atoms. The second-order valence-electron chi connectivity index (χ2n) is 11.5. The van der Waals surface area contributed by atoms with Crippen molar-refractivity contribution >= 4 is 51.9 Å². The number of benzene rings is 1. The van der Waals surface area contributed by atoms with Crippen molar-refractivity contribution in [3.8, 4) is 0 Å². The Bertz CT molecular complexity index is 1540. The number of nitrogens with zero attached hydrogens (tertiary/aromatic N) is 3. The van der Waals surface area contributed by atoms with Crippen molar-refractivity contribution in [3.63, 3.8) is 0 Å². The Balaban J connectivity index is 1.33. The Morgan fingerprint density at radius 1 is 1.02 bits per heavy atom. The van der Waals surface area contributed by atoms with E-state index in [0.717, 1.165) is 36.1 Å². The Labute approximate surface area is 246 Å². The van der Waals surface area contributed by atoms with Crippen LogP contribution in [0.1, 0.15) is 70.0 Å². The number of halogens is 3. The normalized spacial score (nSPS) is 20.5. The van der Waals surface area contributed by atoms with E-state index in [1.807, 2.05) is 31.7 Å². The number of thioether (sulfide) groups is 1. The van der Waals surface area contributed by atoms with Crippen LogP contribution in [-0.2, 0) is 11.2 Å². The molecule has 1 aromatic carbocycles. The van der Waals surface area contributed by atoms with Crippen LogP contribution < -0.4 is 16.6 Å². The summed E-state index contributed by atoms with van der Waals surface area (Å²) in [6, 6.07) is 6.11. The summed E-state index contributed by atoms with van der Waals surface area (Å²) in [7, 11) is 0. The Kier molecular flexibility index (Phi) is 8.64. The molecule has 1 saturated heterocycles. The molecule has 1 aliphatic heterocycles. The molecular weight excluding hydrogens is 574 g/mol. The molecule has 7 nitrogen and oxygen atoms in total. The third-order valence-electron chi connectivity index (χ3n) is 8.12. The molecule has 1 amide bonds. The third kappa shape index (κ3) is 5.97. The van der Waals surface area contributed by atoms with Crippen molar-refractivity contribution in [3.05, 3.63) is 72.7 Å². The van der Waals surface area contributed by atoms with E-state index in [2.05, 4.69) is 10.3 Å². The summed E-state index contributed by atoms with van der Waals surface area (Å²) in [4.78, 5) is 44.7. The van der Waals surface area contributed by atoms with Gasteiger partial charge in [0.1, 0.15) is 11.5 Å². The summed E-state index contributed by atoms with van der Waals surface area (Å²) < 4.78 is 17.1. The van der Waals surface area contributed by atoms with E-state index in [1.54, 1.807) is 16.7 Å². The fourth-order valence-corrected chi connectivity index (χ4v) is 7.30. The summed E-state index contributed by atoms with van der Waals surface area (Å²) in [5.74, 6) is 1.18. The van der Waals surface area contributed by atoms with Crippen LogP contribution in [0.15, 0.2) is 40.1 Å². The molecular formula is C29H33Cl2FN4O3S. The summed E-state index contributed by atoms with van der Waals surface area (Å²) in [6.07, 6.45) is 5.54. The minimum absolute atomic E-state index is 0.0651. The van der Waals surface area contributed by atoms with Gasteiger partial charge >= 0.3 is 5.69 Å². The maximum absolute atomic E-state index is 14.2. The lowest BCUT2D eigenvalue weighted by Crippen LogP contribution is -2.48. The fourth-order valence-electron chi connectivity index (χ4n) is 5.90. The van der Waals surface area contributed by atoms with Gasteiger partial charge in [-0.3, -0.25) is 18.7 Å². The lowest BCUT2D eigenvalue weighted by atomic mass is 9.83. The molecule has 11 heteroatoms. The summed E-state index contributed by atoms with van der Waals surface area (Å²) in [5.41, 5.74) is -0.360. The monoisotopic (exact) mass is 606 g/mol. The zero-order valence-corrected chi connectivity index (χ0v) is 24.9. The van der Waals surface area contributed by atoms with Crippen molar-refractivity contribution < 1.29 is 9.18 Å². The maximum atomic E-state index is 14.2. The van der Waals surface area contributed by atoms with Gasteiger partial charge in [-0.25, -0.2) is 14.2 Å². The highest BCUT2D eigenvalue weighted by molar-refractivity contribution is 7.99. The lowest BCUT2D eigenvalue weighted by molar-refractivity contribution is -0.130. The molecule has 0 unspecified atom stereocenters. The van der Waals surface area contributed by atoms with E-state index in [4.69, 9.17) is 23.2 Å². The predicted octanol–water partition coefficient (Wildman–Crippen LogP) is 5.94. The quantitative estimate of drug-likeness (QED) is 0.375. The molecule has 3 aromatic rings. The van der Waals surface area contributed by atoms with Crippen molar-refractivity contribution in [2.75, 3.05) is 11.5 Å². The first-order valence-electron chi connectivity index (χ1n) is 13.7. The first-order chi connectivity index (χ1) is 19.0. The van der Waals surface area contributed by atoms with Gasteiger partial charge in [-0.1, -0.05) is 43.1 Å². The zero-order chi connectivity index (χ0) is 28.6. The van der Waals surface area contributed by atoms with E-state index in [9.17, 15) is 18.8 Å². The minimum atomic E-state index is -0.674. The van der Waals surface area contributed by atoms with Gasteiger partial charge in [-0.2, -0.15) is 11.8 Å². The van der Waals surface area contributed by atoms with Gasteiger partial charge < -0.3 is 5.32 Å². The Morgan fingerprint density at radius 2 is 1.70 bits per heavy atom. The number of carbonyl (C=O) groups is 1. The summed E-state index contributed by atoms with van der Waals surface area (Å²) >= 11 is 14.0. The van der Waals surface area contributed by atoms with Gasteiger partial charge in [-0.15, -0.1) is 0 Å². The van der Waals surface area contributed by atoms with Crippen molar-refractivity contribution in [2.45, 2.75) is 76.9 Å². The second kappa shape index (κ2) is 11.9. The Morgan fingerprint density at radius 3 is 2.38 bits per heavy atom. The Hall–Kier alpha value is -2.36. The smallest absolute Gasteiger partial charge is 0.333 e. The average molecular weight is 608 g/mol. The largest absolute Gasteiger partial charge is 0.353 e. The highest BCUT2D eigenvalue weighted by Crippen LogP contribution is 2.32. The SMILES string of the molecule is CC(C)(Cc1ccc(Cl)c(Cl)c1)C(=O)N[C@H]1CC[C@@H](n2c(=O)c3cc(F)cnc3n(C3CCSCC3)c2=O)CC1. The van der Waals surface area contributed by atoms with Gasteiger partial charge in [0, 0.05) is 23.5 Å². The van der Waals surface area contributed by atoms with Gasteiger partial charge in [0.25, 0.3) is 5.56 Å². The van der Waals surface area contributed by atoms with Crippen LogP contribution in [0.4, 0.5) is 4.39 Å². The van der Waals surface area contributed by atoms with Crippen molar-refractivity contribution in [2.24, 2.45) is 5.41 Å². The molecule has 214 valence electrons. The molecule has 40 heavy (non-hydrogen) atoms. The zero-order valence-electron chi connectivity index (χ0n) is 22.6. The van der Waals surface area contributed by atoms with Crippen LogP contribution in [0.2, 0.25) is 10.0 Å². The fraction of sp³-hybridized carbons (Fsp3) is 0.517. The first-order valence-corrected chi connectivity index (χ1v) is 15.6. The molecule has 1 N–H and O–H groups in total. The third-order valence-corrected chi connectivity index (χ3v) is 9.91. The van der Waals surface area contributed by atoms with E-state index in [-0.39, 0.29) is 40.8 Å². The standard InChI is InChI=1S/C29H33Cl2FN4O3S/c1-29(2,15-17-3-8-23(30)24(31)13-17)27(38)34-19-4-6-20(7-5-19)36-26(37)22-14-18(32)16-33-25(22)35(28(36)39)21-9-11-40-12-10-21/h3,8,13-14,16,19-21H,4-7,9-12,15H2,1-2H3,(H,34,38)/t19-,20+. The maximum Gasteiger partial charge on any atom is 0.333 e. The highest BCUT2D eigenvalue weighted by atomic mass is 35.5. The lowest BCUT2D eigenvalue weighted by Gasteiger charge is -2.33. The summed E-state index contributed by atoms with van der Waals surface area (Å²) in [6.45, 7) is 3.79. The van der Waals surface area contributed by atoms with Gasteiger partial charge in [0.2, 0.25) is 5.91 Å². The molecule has 1 aliphatic carbocycles. The van der Waals surface area contributed by atoms with E-state index >= 15 is 0 Å². The molecule has 2 fully saturated rings. The topological polar surface area (TPSA) is 86.0 Å². The molecule has 3 heterocycles. The number of rotatable bonds is 6. The van der Waals surface area contributed by atoms with Gasteiger partial charge in [0.15, 0.2) is 0 Å². The molecule has 1 saturated carbocycles. The number of aromatic nitrogens is 3. The molecule has 0 radical (unpaired) electrons. The van der Waals surface area contributed by atoms with E-state index in [0.29, 0.717) is 42.1 Å². The minimum Gasteiger partial charge on any atom is -0.353 e. The average Bonchev–Trinajstić information content (AvgIpc) is 2.92. The van der Waals surface area contributed by atoms with Crippen molar-refractivity contribution in [1.29, 1.82) is 0 Å². The first kappa shape index (κ1) is 29.1. The molecule has 2 aromatic heterocycles. The van der Waals surface area contributed by atoms with Crippen LogP contribution in [-0.4, -0.2) is 37.6 Å². The highest BCUT2D eigenvalue weighted by Gasteiger charge is 2.33. The predicted molar refractivity (Wildman–Crippen MR) is 159 cm³/mol. The van der Waals surface area contributed by atoms with Crippen LogP contribution in [0, 0.1) is 11.2 Å². The number of nitrogens with one attached hydrogen (secondary N) is 1. The van der Waals surface area contributed by atoms with Gasteiger partial charge in [0.05, 0.1) is 21.6 Å². The number of amides is 1. The van der Waals surface area contributed by atoms with Crippen LogP contribution in [0.25, 0.3) is 11.0 Å². The van der Waals surface area contributed by atoms with Crippen LogP contribution in [0.3, 0.4) is 0 Å². The van der Waals surface area contributed by atoms with Crippen LogP contribution >= 0.6 is 35.0 Å². The number of fused-ring (bicyclic) bond motifs is 1. The van der Waals surface area contributed by atoms with E-state index < -0.39 is 16.8 Å². The van der Waals surface area contributed by atoms with Crippen molar-refractivity contribution in [1.82, 2.24) is 19.4 Å². The number of hydrogen-bond donors (Lipinski definition) is 1. The second-order valence-corrected chi connectivity index (χ2v) is 13.5. The van der Waals surface area contributed by atoms with Gasteiger partial charge in [-0.05, 0) is 80.2 Å².